The van der Waals surface area contributed by atoms with Crippen molar-refractivity contribution in [1.29, 1.82) is 0 Å². The second kappa shape index (κ2) is 9.41. The Kier molecular flexibility index (Phi) is 7.60. The molecule has 10 heteroatoms. The molecule has 0 atom stereocenters. The van der Waals surface area contributed by atoms with E-state index in [2.05, 4.69) is 15.3 Å². The molecule has 1 aromatic carbocycles. The van der Waals surface area contributed by atoms with Gasteiger partial charge in [0.1, 0.15) is 16.8 Å². The average molecular weight is 454 g/mol. The lowest BCUT2D eigenvalue weighted by molar-refractivity contribution is -0.143. The van der Waals surface area contributed by atoms with Crippen LogP contribution < -0.4 is 5.32 Å². The van der Waals surface area contributed by atoms with Gasteiger partial charge in [-0.2, -0.15) is 26.3 Å². The van der Waals surface area contributed by atoms with Crippen LogP contribution in [0.3, 0.4) is 0 Å². The van der Waals surface area contributed by atoms with E-state index in [1.54, 1.807) is 6.92 Å². The molecule has 0 saturated heterocycles. The summed E-state index contributed by atoms with van der Waals surface area (Å²) < 4.78 is 79.2. The third-order valence-corrected chi connectivity index (χ3v) is 4.82. The van der Waals surface area contributed by atoms with Crippen LogP contribution >= 0.6 is 11.6 Å². The average Bonchev–Trinajstić information content (AvgIpc) is 3.14. The van der Waals surface area contributed by atoms with Crippen LogP contribution in [-0.2, 0) is 12.4 Å². The molecule has 3 rings (SSSR count). The summed E-state index contributed by atoms with van der Waals surface area (Å²) in [6.45, 7) is 5.54. The fourth-order valence-corrected chi connectivity index (χ4v) is 3.58. The quantitative estimate of drug-likeness (QED) is 0.385. The number of aryl methyl sites for hydroxylation is 1. The third kappa shape index (κ3) is 5.77. The summed E-state index contributed by atoms with van der Waals surface area (Å²) in [6.07, 6.45) is -6.29. The number of nitrogens with zero attached hydrogens (tertiary/aromatic N) is 2. The fourth-order valence-electron chi connectivity index (χ4n) is 3.26. The van der Waals surface area contributed by atoms with E-state index in [1.165, 1.54) is 0 Å². The Labute approximate surface area is 175 Å². The molecule has 1 saturated carbocycles. The molecular formula is C20H22ClF6N3. The van der Waals surface area contributed by atoms with Gasteiger partial charge in [-0.3, -0.25) is 0 Å². The van der Waals surface area contributed by atoms with Crippen LogP contribution in [0.4, 0.5) is 32.2 Å². The first-order valence-corrected chi connectivity index (χ1v) is 9.93. The van der Waals surface area contributed by atoms with Gasteiger partial charge >= 0.3 is 12.4 Å². The molecule has 0 spiro atoms. The topological polar surface area (TPSA) is 37.8 Å². The Balaban J connectivity index is 0.00000155. The molecule has 1 aliphatic carbocycles. The van der Waals surface area contributed by atoms with E-state index in [1.807, 2.05) is 13.8 Å². The normalized spacial score (nSPS) is 15.0. The molecule has 0 unspecified atom stereocenters. The van der Waals surface area contributed by atoms with Crippen LogP contribution in [0.1, 0.15) is 56.5 Å². The van der Waals surface area contributed by atoms with Gasteiger partial charge in [0.15, 0.2) is 0 Å². The number of benzene rings is 1. The predicted octanol–water partition coefficient (Wildman–Crippen LogP) is 7.52. The van der Waals surface area contributed by atoms with Crippen molar-refractivity contribution in [3.8, 4) is 11.1 Å². The monoisotopic (exact) mass is 453 g/mol. The van der Waals surface area contributed by atoms with Crippen molar-refractivity contribution in [3.63, 3.8) is 0 Å². The van der Waals surface area contributed by atoms with E-state index in [0.29, 0.717) is 12.1 Å². The Hall–Kier alpha value is -2.03. The number of anilines is 1. The van der Waals surface area contributed by atoms with Crippen molar-refractivity contribution < 1.29 is 26.3 Å². The van der Waals surface area contributed by atoms with Crippen LogP contribution in [0.2, 0.25) is 5.15 Å². The van der Waals surface area contributed by atoms with E-state index in [-0.39, 0.29) is 40.0 Å². The molecule has 1 aliphatic rings. The minimum atomic E-state index is -4.95. The zero-order valence-electron chi connectivity index (χ0n) is 16.7. The van der Waals surface area contributed by atoms with Crippen LogP contribution in [0.25, 0.3) is 11.1 Å². The first kappa shape index (κ1) is 24.2. The summed E-state index contributed by atoms with van der Waals surface area (Å²) in [4.78, 5) is 8.11. The first-order chi connectivity index (χ1) is 13.9. The molecule has 0 aliphatic heterocycles. The number of rotatable bonds is 3. The number of hydrogen-bond donors (Lipinski definition) is 1. The Bertz CT molecular complexity index is 842. The SMILES string of the molecule is CC.Cc1nc(Cl)c(-c2cc(C(F)(F)F)cc(C(F)(F)F)c2)c(NC2CCCC2)n1. The molecule has 2 aromatic rings. The molecule has 1 aromatic heterocycles. The van der Waals surface area contributed by atoms with Crippen LogP contribution in [-0.4, -0.2) is 16.0 Å². The maximum atomic E-state index is 13.2. The molecule has 166 valence electrons. The van der Waals surface area contributed by atoms with Gasteiger partial charge in [0.05, 0.1) is 16.7 Å². The lowest BCUT2D eigenvalue weighted by Gasteiger charge is -2.19. The number of halogens is 7. The van der Waals surface area contributed by atoms with E-state index >= 15 is 0 Å². The molecule has 0 amide bonds. The fraction of sp³-hybridized carbons (Fsp3) is 0.500. The summed E-state index contributed by atoms with van der Waals surface area (Å²) in [5.74, 6) is 0.397. The van der Waals surface area contributed by atoms with Crippen molar-refractivity contribution in [2.75, 3.05) is 5.32 Å². The molecule has 0 radical (unpaired) electrons. The third-order valence-electron chi connectivity index (χ3n) is 4.55. The van der Waals surface area contributed by atoms with Crippen molar-refractivity contribution >= 4 is 17.4 Å². The molecule has 30 heavy (non-hydrogen) atoms. The maximum absolute atomic E-state index is 13.2. The molecular weight excluding hydrogens is 432 g/mol. The van der Waals surface area contributed by atoms with Gasteiger partial charge in [-0.1, -0.05) is 38.3 Å². The summed E-state index contributed by atoms with van der Waals surface area (Å²) in [6, 6.07) is 1.37. The Morgan fingerprint density at radius 1 is 0.900 bits per heavy atom. The zero-order valence-corrected chi connectivity index (χ0v) is 17.4. The highest BCUT2D eigenvalue weighted by molar-refractivity contribution is 6.32. The lowest BCUT2D eigenvalue weighted by atomic mass is 10.00. The highest BCUT2D eigenvalue weighted by Gasteiger charge is 2.37. The maximum Gasteiger partial charge on any atom is 0.416 e. The summed E-state index contributed by atoms with van der Waals surface area (Å²) in [7, 11) is 0. The zero-order chi connectivity index (χ0) is 22.7. The van der Waals surface area contributed by atoms with E-state index in [0.717, 1.165) is 25.7 Å². The first-order valence-electron chi connectivity index (χ1n) is 9.55. The number of nitrogens with one attached hydrogen (secondary N) is 1. The molecule has 1 fully saturated rings. The summed E-state index contributed by atoms with van der Waals surface area (Å²) in [5, 5.41) is 2.90. The largest absolute Gasteiger partial charge is 0.416 e. The van der Waals surface area contributed by atoms with Gasteiger partial charge < -0.3 is 5.32 Å². The second-order valence-electron chi connectivity index (χ2n) is 6.71. The Morgan fingerprint density at radius 2 is 1.40 bits per heavy atom. The number of aromatic nitrogens is 2. The van der Waals surface area contributed by atoms with Gasteiger partial charge in [0.25, 0.3) is 0 Å². The van der Waals surface area contributed by atoms with Gasteiger partial charge in [0, 0.05) is 6.04 Å². The molecule has 1 N–H and O–H groups in total. The minimum absolute atomic E-state index is 0.0250. The van der Waals surface area contributed by atoms with Crippen molar-refractivity contribution in [2.45, 2.75) is 64.8 Å². The minimum Gasteiger partial charge on any atom is -0.367 e. The summed E-state index contributed by atoms with van der Waals surface area (Å²) >= 11 is 6.13. The van der Waals surface area contributed by atoms with Crippen LogP contribution in [0.15, 0.2) is 18.2 Å². The van der Waals surface area contributed by atoms with Crippen LogP contribution in [0, 0.1) is 6.92 Å². The smallest absolute Gasteiger partial charge is 0.367 e. The van der Waals surface area contributed by atoms with Gasteiger partial charge in [-0.15, -0.1) is 0 Å². The van der Waals surface area contributed by atoms with E-state index < -0.39 is 23.5 Å². The van der Waals surface area contributed by atoms with Crippen LogP contribution in [0.5, 0.6) is 0 Å². The highest BCUT2D eigenvalue weighted by Crippen LogP contribution is 2.42. The predicted molar refractivity (Wildman–Crippen MR) is 104 cm³/mol. The van der Waals surface area contributed by atoms with Crippen molar-refractivity contribution in [3.05, 3.63) is 40.3 Å². The van der Waals surface area contributed by atoms with Gasteiger partial charge in [0.2, 0.25) is 0 Å². The van der Waals surface area contributed by atoms with Crippen molar-refractivity contribution in [2.24, 2.45) is 0 Å². The number of hydrogen-bond acceptors (Lipinski definition) is 3. The lowest BCUT2D eigenvalue weighted by Crippen LogP contribution is -2.17. The van der Waals surface area contributed by atoms with Gasteiger partial charge in [-0.05, 0) is 43.5 Å². The summed E-state index contributed by atoms with van der Waals surface area (Å²) in [5.41, 5.74) is -3.25. The Morgan fingerprint density at radius 3 is 1.87 bits per heavy atom. The highest BCUT2D eigenvalue weighted by atomic mass is 35.5. The molecule has 0 bridgehead atoms. The number of alkyl halides is 6. The molecule has 1 heterocycles. The van der Waals surface area contributed by atoms with Gasteiger partial charge in [-0.25, -0.2) is 9.97 Å². The van der Waals surface area contributed by atoms with E-state index in [9.17, 15) is 26.3 Å². The molecule has 3 nitrogen and oxygen atoms in total. The second-order valence-corrected chi connectivity index (χ2v) is 7.06. The van der Waals surface area contributed by atoms with Crippen molar-refractivity contribution in [1.82, 2.24) is 9.97 Å². The van der Waals surface area contributed by atoms with E-state index in [4.69, 9.17) is 11.6 Å². The standard InChI is InChI=1S/C18H16ClF6N3.C2H6/c1-9-26-15(19)14(16(27-9)28-13-4-2-3-5-13)10-6-11(17(20,21)22)8-12(7-10)18(23,24)25;1-2/h6-8,13H,2-5H2,1H3,(H,26,27,28);1-2H3.